The van der Waals surface area contributed by atoms with Crippen LogP contribution in [0.5, 0.6) is 0 Å². The summed E-state index contributed by atoms with van der Waals surface area (Å²) >= 11 is 0. The van der Waals surface area contributed by atoms with E-state index in [1.807, 2.05) is 0 Å². The van der Waals surface area contributed by atoms with Gasteiger partial charge in [-0.15, -0.1) is 0 Å². The average Bonchev–Trinajstić information content (AvgIpc) is 2.40. The van der Waals surface area contributed by atoms with E-state index in [2.05, 4.69) is 10.2 Å². The van der Waals surface area contributed by atoms with Crippen LogP contribution in [0.4, 0.5) is 0 Å². The summed E-state index contributed by atoms with van der Waals surface area (Å²) in [7, 11) is 1.58. The molecule has 0 bridgehead atoms. The van der Waals surface area contributed by atoms with Gasteiger partial charge in [-0.05, 0) is 5.10 Å². The molecule has 19 heavy (non-hydrogen) atoms. The van der Waals surface area contributed by atoms with E-state index in [-0.39, 0.29) is 12.0 Å². The Morgan fingerprint density at radius 1 is 1.42 bits per heavy atom. The van der Waals surface area contributed by atoms with Crippen LogP contribution < -0.4 is 10.2 Å². The Labute approximate surface area is 108 Å². The third-order valence-corrected chi connectivity index (χ3v) is 2.63. The lowest BCUT2D eigenvalue weighted by Gasteiger charge is -2.00. The Bertz CT molecular complexity index is 649. The molecule has 0 fully saturated rings. The number of aryl methyl sites for hydroxylation is 2. The van der Waals surface area contributed by atoms with Gasteiger partial charge in [-0.1, -0.05) is 4.68 Å². The summed E-state index contributed by atoms with van der Waals surface area (Å²) in [6.07, 6.45) is 4.86. The van der Waals surface area contributed by atoms with Crippen LogP contribution in [-0.4, -0.2) is 26.0 Å². The van der Waals surface area contributed by atoms with Crippen LogP contribution in [0, 0.1) is 0 Å². The van der Waals surface area contributed by atoms with E-state index in [1.54, 1.807) is 31.7 Å². The molecule has 2 heterocycles. The summed E-state index contributed by atoms with van der Waals surface area (Å²) < 4.78 is 2.78. The van der Waals surface area contributed by atoms with Crippen LogP contribution >= 0.6 is 0 Å². The van der Waals surface area contributed by atoms with Gasteiger partial charge in [-0.2, -0.15) is 5.10 Å². The van der Waals surface area contributed by atoms with E-state index in [9.17, 15) is 9.59 Å². The van der Waals surface area contributed by atoms with E-state index >= 15 is 0 Å². The van der Waals surface area contributed by atoms with E-state index in [0.29, 0.717) is 12.1 Å². The largest absolute Gasteiger partial charge is 0.481 e. The van der Waals surface area contributed by atoms with Crippen LogP contribution in [0.15, 0.2) is 35.5 Å². The molecule has 0 spiro atoms. The summed E-state index contributed by atoms with van der Waals surface area (Å²) in [5.41, 5.74) is 1.25. The van der Waals surface area contributed by atoms with E-state index in [4.69, 9.17) is 5.11 Å². The minimum atomic E-state index is -0.867. The van der Waals surface area contributed by atoms with Crippen molar-refractivity contribution < 1.29 is 14.6 Å². The fourth-order valence-corrected chi connectivity index (χ4v) is 1.52. The number of carbonyl (C=O) groups is 1. The zero-order chi connectivity index (χ0) is 13.8. The molecule has 2 aromatic heterocycles. The third kappa shape index (κ3) is 3.21. The molecule has 7 nitrogen and oxygen atoms in total. The zero-order valence-corrected chi connectivity index (χ0v) is 10.4. The first-order valence-corrected chi connectivity index (χ1v) is 5.67. The van der Waals surface area contributed by atoms with Crippen LogP contribution in [-0.2, 0) is 18.4 Å². The molecule has 0 radical (unpaired) electrons. The molecule has 0 aliphatic heterocycles. The van der Waals surface area contributed by atoms with Crippen LogP contribution in [0.3, 0.4) is 0 Å². The highest BCUT2D eigenvalue weighted by Gasteiger charge is 2.08. The van der Waals surface area contributed by atoms with Gasteiger partial charge in [0.05, 0.1) is 6.20 Å². The first-order valence-electron chi connectivity index (χ1n) is 5.67. The second-order valence-corrected chi connectivity index (χ2v) is 4.03. The predicted octanol–water partition coefficient (Wildman–Crippen LogP) is -0.396. The molecule has 0 saturated carbocycles. The van der Waals surface area contributed by atoms with Gasteiger partial charge in [-0.25, -0.2) is 4.68 Å². The number of nitrogens with zero attached hydrogens (tertiary/aromatic N) is 4. The van der Waals surface area contributed by atoms with Crippen molar-refractivity contribution in [2.75, 3.05) is 0 Å². The van der Waals surface area contributed by atoms with Gasteiger partial charge >= 0.3 is 5.97 Å². The molecule has 0 atom stereocenters. The molecule has 2 rings (SSSR count). The van der Waals surface area contributed by atoms with Crippen LogP contribution in [0.25, 0.3) is 11.1 Å². The van der Waals surface area contributed by atoms with Crippen molar-refractivity contribution in [1.82, 2.24) is 14.9 Å². The average molecular weight is 261 g/mol. The Balaban J connectivity index is 2.20. The number of rotatable bonds is 4. The summed E-state index contributed by atoms with van der Waals surface area (Å²) in [6.45, 7) is 0.310. The quantitative estimate of drug-likeness (QED) is 0.757. The maximum absolute atomic E-state index is 11.5. The van der Waals surface area contributed by atoms with Gasteiger partial charge in [0, 0.05) is 30.3 Å². The monoisotopic (exact) mass is 261 g/mol. The highest BCUT2D eigenvalue weighted by Crippen LogP contribution is 2.12. The number of aliphatic carboxylic acids is 1. The molecule has 0 amide bonds. The van der Waals surface area contributed by atoms with Crippen LogP contribution in [0.1, 0.15) is 6.42 Å². The highest BCUT2D eigenvalue weighted by molar-refractivity contribution is 5.66. The predicted molar refractivity (Wildman–Crippen MR) is 65.2 cm³/mol. The zero-order valence-electron chi connectivity index (χ0n) is 10.4. The van der Waals surface area contributed by atoms with E-state index < -0.39 is 5.97 Å². The molecule has 98 valence electrons. The van der Waals surface area contributed by atoms with Gasteiger partial charge < -0.3 is 5.11 Å². The second-order valence-electron chi connectivity index (χ2n) is 4.03. The van der Waals surface area contributed by atoms with Crippen molar-refractivity contribution in [3.05, 3.63) is 41.1 Å². The summed E-state index contributed by atoms with van der Waals surface area (Å²) in [4.78, 5) is 21.9. The third-order valence-electron chi connectivity index (χ3n) is 2.63. The Kier molecular flexibility index (Phi) is 3.65. The first-order chi connectivity index (χ1) is 9.06. The Morgan fingerprint density at radius 3 is 2.79 bits per heavy atom. The smallest absolute Gasteiger partial charge is 0.309 e. The minimum Gasteiger partial charge on any atom is -0.481 e. The molecule has 0 unspecified atom stereocenters. The number of carboxylic acid groups (broad SMARTS) is 1. The summed E-state index contributed by atoms with van der Waals surface area (Å²) in [6, 6.07) is 3.25. The number of hydrogen-bond acceptors (Lipinski definition) is 4. The van der Waals surface area contributed by atoms with Crippen molar-refractivity contribution in [3.63, 3.8) is 0 Å². The maximum atomic E-state index is 11.5. The molecular formula is C12H13N4O3+. The van der Waals surface area contributed by atoms with Crippen molar-refractivity contribution >= 4 is 5.97 Å². The standard InChI is InChI=1S/C12H12N4O3/c1-15-11(17)6-10(8-13-15)9-2-4-16(14-7-9)5-3-12(18)19/h2,4,6-8H,3,5H2,1H3/p+1. The van der Waals surface area contributed by atoms with Gasteiger partial charge in [0.15, 0.2) is 12.7 Å². The van der Waals surface area contributed by atoms with Gasteiger partial charge in [0.25, 0.3) is 5.56 Å². The molecule has 0 aliphatic rings. The lowest BCUT2D eigenvalue weighted by Crippen LogP contribution is -2.38. The molecule has 0 saturated heterocycles. The van der Waals surface area contributed by atoms with Gasteiger partial charge in [0.2, 0.25) is 0 Å². The fourth-order valence-electron chi connectivity index (χ4n) is 1.52. The molecule has 7 heteroatoms. The normalized spacial score (nSPS) is 10.4. The Hall–Kier alpha value is -2.57. The highest BCUT2D eigenvalue weighted by atomic mass is 16.4. The van der Waals surface area contributed by atoms with Crippen molar-refractivity contribution in [3.8, 4) is 11.1 Å². The topological polar surface area (TPSA) is 89.0 Å². The van der Waals surface area contributed by atoms with Crippen molar-refractivity contribution in [2.45, 2.75) is 13.0 Å². The molecule has 2 aromatic rings. The number of hydrogen-bond donors (Lipinski definition) is 1. The summed E-state index contributed by atoms with van der Waals surface area (Å²) in [5, 5.41) is 16.6. The second kappa shape index (κ2) is 5.38. The molecule has 1 N–H and O–H groups in total. The Morgan fingerprint density at radius 2 is 2.21 bits per heavy atom. The molecular weight excluding hydrogens is 248 g/mol. The lowest BCUT2D eigenvalue weighted by molar-refractivity contribution is -0.752. The summed E-state index contributed by atoms with van der Waals surface area (Å²) in [5.74, 6) is -0.867. The van der Waals surface area contributed by atoms with Gasteiger partial charge in [-0.3, -0.25) is 9.59 Å². The van der Waals surface area contributed by atoms with Crippen LogP contribution in [0.2, 0.25) is 0 Å². The fraction of sp³-hybridized carbons (Fsp3) is 0.250. The lowest BCUT2D eigenvalue weighted by atomic mass is 10.1. The maximum Gasteiger partial charge on any atom is 0.309 e. The van der Waals surface area contributed by atoms with Gasteiger partial charge in [0.1, 0.15) is 12.6 Å². The number of carboxylic acids is 1. The van der Waals surface area contributed by atoms with E-state index in [1.165, 1.54) is 15.4 Å². The SMILES string of the molecule is Cn1ncc(-c2cc[n+](CCC(=O)O)nc2)cc1=O. The van der Waals surface area contributed by atoms with Crippen molar-refractivity contribution in [2.24, 2.45) is 7.05 Å². The first kappa shape index (κ1) is 12.9. The molecule has 0 aliphatic carbocycles. The molecule has 0 aromatic carbocycles. The minimum absolute atomic E-state index is 0.0183. The van der Waals surface area contributed by atoms with Crippen molar-refractivity contribution in [1.29, 1.82) is 0 Å². The number of aromatic nitrogens is 4. The van der Waals surface area contributed by atoms with E-state index in [0.717, 1.165) is 5.56 Å².